The molecule has 1 aromatic carbocycles. The van der Waals surface area contributed by atoms with E-state index >= 15 is 0 Å². The number of thiocarbonyl (C=S) groups is 1. The summed E-state index contributed by atoms with van der Waals surface area (Å²) in [5.74, 6) is -0.927. The number of carbonyl (C=O) groups is 1. The van der Waals surface area contributed by atoms with Gasteiger partial charge in [0.25, 0.3) is 0 Å². The number of para-hydroxylation sites is 1. The van der Waals surface area contributed by atoms with Crippen LogP contribution in [0.3, 0.4) is 0 Å². The van der Waals surface area contributed by atoms with Gasteiger partial charge in [0, 0.05) is 23.6 Å². The molecule has 1 saturated carbocycles. The summed E-state index contributed by atoms with van der Waals surface area (Å²) in [7, 11) is 0. The maximum Gasteiger partial charge on any atom is 0.337 e. The van der Waals surface area contributed by atoms with Crippen molar-refractivity contribution in [2.45, 2.75) is 64.1 Å². The molecule has 34 heavy (non-hydrogen) atoms. The Morgan fingerprint density at radius 2 is 1.82 bits per heavy atom. The highest BCUT2D eigenvalue weighted by Crippen LogP contribution is 2.44. The summed E-state index contributed by atoms with van der Waals surface area (Å²) in [6, 6.07) is 15.7. The smallest absolute Gasteiger partial charge is 0.337 e. The van der Waals surface area contributed by atoms with Crippen LogP contribution in [0.25, 0.3) is 5.69 Å². The molecule has 7 heteroatoms. The fraction of sp³-hybridized carbons (Fsp3) is 0.370. The molecule has 1 aliphatic heterocycles. The first-order valence-electron chi connectivity index (χ1n) is 12.0. The average Bonchev–Trinajstić information content (AvgIpc) is 3.35. The van der Waals surface area contributed by atoms with Gasteiger partial charge in [-0.2, -0.15) is 0 Å². The molecule has 0 bridgehead atoms. The second-order valence-corrected chi connectivity index (χ2v) is 9.70. The van der Waals surface area contributed by atoms with Crippen molar-refractivity contribution in [3.8, 4) is 5.69 Å². The Bertz CT molecular complexity index is 1220. The summed E-state index contributed by atoms with van der Waals surface area (Å²) in [5.41, 5.74) is 5.13. The van der Waals surface area contributed by atoms with Crippen LogP contribution in [0.1, 0.15) is 77.2 Å². The molecule has 0 unspecified atom stereocenters. The minimum atomic E-state index is -0.927. The van der Waals surface area contributed by atoms with Gasteiger partial charge < -0.3 is 19.9 Å². The second-order valence-electron chi connectivity index (χ2n) is 9.31. The van der Waals surface area contributed by atoms with Crippen molar-refractivity contribution in [3.05, 3.63) is 82.9 Å². The zero-order valence-corrected chi connectivity index (χ0v) is 20.4. The fourth-order valence-electron chi connectivity index (χ4n) is 5.76. The first-order chi connectivity index (χ1) is 16.5. The van der Waals surface area contributed by atoms with Gasteiger partial charge in [-0.15, -0.1) is 0 Å². The summed E-state index contributed by atoms with van der Waals surface area (Å²) in [6.07, 6.45) is 7.80. The van der Waals surface area contributed by atoms with Crippen molar-refractivity contribution < 1.29 is 9.90 Å². The van der Waals surface area contributed by atoms with Gasteiger partial charge >= 0.3 is 5.97 Å². The maximum atomic E-state index is 12.0. The van der Waals surface area contributed by atoms with Crippen LogP contribution in [-0.2, 0) is 0 Å². The molecule has 176 valence electrons. The predicted molar refractivity (Wildman–Crippen MR) is 136 cm³/mol. The third kappa shape index (κ3) is 3.88. The zero-order chi connectivity index (χ0) is 23.8. The molecule has 0 amide bonds. The third-order valence-electron chi connectivity index (χ3n) is 7.27. The highest BCUT2D eigenvalue weighted by molar-refractivity contribution is 7.80. The summed E-state index contributed by atoms with van der Waals surface area (Å²) < 4.78 is 2.06. The second kappa shape index (κ2) is 9.22. The van der Waals surface area contributed by atoms with Crippen LogP contribution in [0.2, 0.25) is 0 Å². The Morgan fingerprint density at radius 1 is 1.09 bits per heavy atom. The van der Waals surface area contributed by atoms with E-state index in [9.17, 15) is 9.90 Å². The lowest BCUT2D eigenvalue weighted by Gasteiger charge is -2.37. The van der Waals surface area contributed by atoms with Gasteiger partial charge in [0.15, 0.2) is 5.11 Å². The van der Waals surface area contributed by atoms with Gasteiger partial charge in [-0.3, -0.25) is 4.98 Å². The van der Waals surface area contributed by atoms with Crippen LogP contribution >= 0.6 is 12.2 Å². The number of nitrogens with one attached hydrogen (secondary N) is 1. The molecule has 6 nitrogen and oxygen atoms in total. The molecule has 2 N–H and O–H groups in total. The fourth-order valence-corrected chi connectivity index (χ4v) is 6.15. The van der Waals surface area contributed by atoms with Crippen molar-refractivity contribution in [1.29, 1.82) is 0 Å². The normalized spacial score (nSPS) is 21.0. The molecule has 3 aromatic rings. The largest absolute Gasteiger partial charge is 0.478 e. The molecule has 2 aliphatic rings. The van der Waals surface area contributed by atoms with Crippen LogP contribution in [0.4, 0.5) is 0 Å². The van der Waals surface area contributed by atoms with Gasteiger partial charge in [-0.25, -0.2) is 4.79 Å². The van der Waals surface area contributed by atoms with Gasteiger partial charge in [0.2, 0.25) is 0 Å². The minimum Gasteiger partial charge on any atom is -0.478 e. The number of carboxylic acid groups (broad SMARTS) is 1. The maximum absolute atomic E-state index is 12.0. The van der Waals surface area contributed by atoms with E-state index in [0.29, 0.717) is 17.3 Å². The number of aryl methyl sites for hydroxylation is 1. The monoisotopic (exact) mass is 474 g/mol. The number of aromatic carboxylic acids is 1. The van der Waals surface area contributed by atoms with E-state index in [0.717, 1.165) is 40.6 Å². The van der Waals surface area contributed by atoms with E-state index in [1.807, 2.05) is 37.4 Å². The zero-order valence-electron chi connectivity index (χ0n) is 19.6. The molecular formula is C27H30N4O2S. The molecule has 1 saturated heterocycles. The summed E-state index contributed by atoms with van der Waals surface area (Å²) >= 11 is 5.91. The van der Waals surface area contributed by atoms with Gasteiger partial charge in [-0.1, -0.05) is 37.5 Å². The Morgan fingerprint density at radius 3 is 2.53 bits per heavy atom. The summed E-state index contributed by atoms with van der Waals surface area (Å²) in [4.78, 5) is 19.0. The predicted octanol–water partition coefficient (Wildman–Crippen LogP) is 5.49. The number of nitrogens with zero attached hydrogens (tertiary/aromatic N) is 3. The van der Waals surface area contributed by atoms with E-state index in [1.165, 1.54) is 19.3 Å². The van der Waals surface area contributed by atoms with Crippen molar-refractivity contribution in [2.24, 2.45) is 0 Å². The van der Waals surface area contributed by atoms with Gasteiger partial charge in [0.1, 0.15) is 0 Å². The standard InChI is InChI=1S/C27H30N4O2S/c1-17-16-21(18(2)30(17)23-14-7-6-12-20(23)26(32)33)25-24(22-13-8-9-15-28-22)29-27(34)31(25)19-10-4-3-5-11-19/h6-9,12-16,19,24-25H,3-5,10-11H2,1-2H3,(H,29,34)(H,32,33)/t24-,25-/m0/s1. The molecule has 0 radical (unpaired) electrons. The molecule has 3 heterocycles. The van der Waals surface area contributed by atoms with Gasteiger partial charge in [0.05, 0.1) is 29.0 Å². The third-order valence-corrected chi connectivity index (χ3v) is 7.60. The molecule has 1 aliphatic carbocycles. The number of hydrogen-bond acceptors (Lipinski definition) is 3. The number of pyridine rings is 1. The molecule has 2 fully saturated rings. The van der Waals surface area contributed by atoms with E-state index in [-0.39, 0.29) is 12.1 Å². The number of hydrogen-bond donors (Lipinski definition) is 2. The van der Waals surface area contributed by atoms with E-state index < -0.39 is 5.97 Å². The Balaban J connectivity index is 1.65. The van der Waals surface area contributed by atoms with Crippen molar-refractivity contribution >= 4 is 23.3 Å². The van der Waals surface area contributed by atoms with Gasteiger partial charge in [-0.05, 0) is 74.8 Å². The van der Waals surface area contributed by atoms with Crippen LogP contribution in [0.15, 0.2) is 54.7 Å². The molecular weight excluding hydrogens is 444 g/mol. The highest BCUT2D eigenvalue weighted by Gasteiger charge is 2.44. The number of aromatic nitrogens is 2. The van der Waals surface area contributed by atoms with E-state index in [1.54, 1.807) is 12.1 Å². The molecule has 5 rings (SSSR count). The van der Waals surface area contributed by atoms with Crippen molar-refractivity contribution in [1.82, 2.24) is 19.8 Å². The van der Waals surface area contributed by atoms with Crippen LogP contribution in [-0.4, -0.2) is 36.7 Å². The number of carboxylic acids is 1. The number of benzene rings is 1. The van der Waals surface area contributed by atoms with Crippen LogP contribution in [0, 0.1) is 13.8 Å². The number of rotatable bonds is 5. The van der Waals surface area contributed by atoms with E-state index in [4.69, 9.17) is 12.2 Å². The quantitative estimate of drug-likeness (QED) is 0.477. The lowest BCUT2D eigenvalue weighted by Crippen LogP contribution is -2.40. The molecule has 0 spiro atoms. The Hall–Kier alpha value is -3.19. The lowest BCUT2D eigenvalue weighted by atomic mass is 9.90. The van der Waals surface area contributed by atoms with Crippen molar-refractivity contribution in [3.63, 3.8) is 0 Å². The SMILES string of the molecule is Cc1cc([C@H]2[C@H](c3ccccn3)NC(=S)N2C2CCCCC2)c(C)n1-c1ccccc1C(=O)O. The Labute approximate surface area is 205 Å². The first kappa shape index (κ1) is 22.6. The highest BCUT2D eigenvalue weighted by atomic mass is 32.1. The van der Waals surface area contributed by atoms with Crippen LogP contribution in [0.5, 0.6) is 0 Å². The average molecular weight is 475 g/mol. The summed E-state index contributed by atoms with van der Waals surface area (Å²) in [5, 5.41) is 14.2. The van der Waals surface area contributed by atoms with Crippen molar-refractivity contribution in [2.75, 3.05) is 0 Å². The Kier molecular flexibility index (Phi) is 6.13. The summed E-state index contributed by atoms with van der Waals surface area (Å²) in [6.45, 7) is 4.12. The molecule has 2 atom stereocenters. The lowest BCUT2D eigenvalue weighted by molar-refractivity contribution is 0.0697. The minimum absolute atomic E-state index is 0.0116. The van der Waals surface area contributed by atoms with Crippen LogP contribution < -0.4 is 5.32 Å². The van der Waals surface area contributed by atoms with E-state index in [2.05, 4.69) is 38.8 Å². The molecule has 2 aromatic heterocycles. The first-order valence-corrected chi connectivity index (χ1v) is 12.4. The topological polar surface area (TPSA) is 70.4 Å².